The Morgan fingerprint density at radius 2 is 1.53 bits per heavy atom. The Morgan fingerprint density at radius 1 is 0.947 bits per heavy atom. The standard InChI is InChI=1S/C17H14O2/c1-13(7-8-14-5-3-2-4-6-14)15-9-11-16(12-10-15)17(18)19/h2-12H,1H2,(H,18,19)/b8-7+. The van der Waals surface area contributed by atoms with Crippen molar-refractivity contribution in [2.75, 3.05) is 0 Å². The summed E-state index contributed by atoms with van der Waals surface area (Å²) in [5.74, 6) is -0.919. The van der Waals surface area contributed by atoms with E-state index in [1.165, 1.54) is 0 Å². The molecule has 1 N–H and O–H groups in total. The van der Waals surface area contributed by atoms with Gasteiger partial charge in [0.15, 0.2) is 0 Å². The fourth-order valence-corrected chi connectivity index (χ4v) is 1.68. The van der Waals surface area contributed by atoms with Gasteiger partial charge in [-0.2, -0.15) is 0 Å². The van der Waals surface area contributed by atoms with Gasteiger partial charge in [-0.05, 0) is 28.8 Å². The maximum absolute atomic E-state index is 10.8. The molecule has 2 aromatic rings. The van der Waals surface area contributed by atoms with E-state index in [9.17, 15) is 4.79 Å². The zero-order chi connectivity index (χ0) is 13.7. The first-order valence-electron chi connectivity index (χ1n) is 5.92. The molecule has 2 rings (SSSR count). The van der Waals surface area contributed by atoms with E-state index in [1.807, 2.05) is 42.5 Å². The highest BCUT2D eigenvalue weighted by atomic mass is 16.4. The second-order valence-corrected chi connectivity index (χ2v) is 4.15. The molecule has 0 aliphatic carbocycles. The summed E-state index contributed by atoms with van der Waals surface area (Å²) in [5.41, 5.74) is 3.15. The molecule has 0 bridgehead atoms. The summed E-state index contributed by atoms with van der Waals surface area (Å²) in [4.78, 5) is 10.8. The molecule has 19 heavy (non-hydrogen) atoms. The quantitative estimate of drug-likeness (QED) is 0.829. The molecular formula is C17H14O2. The first kappa shape index (κ1) is 12.8. The summed E-state index contributed by atoms with van der Waals surface area (Å²) in [5, 5.41) is 8.83. The summed E-state index contributed by atoms with van der Waals surface area (Å²) in [7, 11) is 0. The van der Waals surface area contributed by atoms with Crippen molar-refractivity contribution in [1.82, 2.24) is 0 Å². The summed E-state index contributed by atoms with van der Waals surface area (Å²) in [6.07, 6.45) is 3.90. The number of hydrogen-bond donors (Lipinski definition) is 1. The Kier molecular flexibility index (Phi) is 3.94. The van der Waals surface area contributed by atoms with E-state index >= 15 is 0 Å². The molecule has 0 aliphatic rings. The molecule has 94 valence electrons. The lowest BCUT2D eigenvalue weighted by atomic mass is 10.0. The summed E-state index contributed by atoms with van der Waals surface area (Å²) in [6.45, 7) is 3.98. The van der Waals surface area contributed by atoms with Gasteiger partial charge in [0, 0.05) is 0 Å². The molecule has 0 aromatic heterocycles. The maximum atomic E-state index is 10.8. The van der Waals surface area contributed by atoms with Crippen LogP contribution in [0.15, 0.2) is 67.3 Å². The Bertz CT molecular complexity index is 607. The monoisotopic (exact) mass is 250 g/mol. The van der Waals surface area contributed by atoms with Gasteiger partial charge < -0.3 is 5.11 Å². The molecule has 0 spiro atoms. The molecule has 0 aliphatic heterocycles. The second kappa shape index (κ2) is 5.83. The van der Waals surface area contributed by atoms with E-state index in [0.29, 0.717) is 0 Å². The van der Waals surface area contributed by atoms with Gasteiger partial charge in [-0.15, -0.1) is 0 Å². The van der Waals surface area contributed by atoms with Gasteiger partial charge in [0.05, 0.1) is 5.56 Å². The third kappa shape index (κ3) is 3.42. The maximum Gasteiger partial charge on any atom is 0.335 e. The number of carboxylic acid groups (broad SMARTS) is 1. The van der Waals surface area contributed by atoms with Gasteiger partial charge in [-0.25, -0.2) is 4.79 Å². The van der Waals surface area contributed by atoms with Gasteiger partial charge in [-0.3, -0.25) is 0 Å². The highest BCUT2D eigenvalue weighted by molar-refractivity contribution is 5.88. The van der Waals surface area contributed by atoms with E-state index in [0.717, 1.165) is 16.7 Å². The number of benzene rings is 2. The van der Waals surface area contributed by atoms with Crippen LogP contribution in [0.5, 0.6) is 0 Å². The van der Waals surface area contributed by atoms with Crippen molar-refractivity contribution in [2.24, 2.45) is 0 Å². The molecule has 2 aromatic carbocycles. The Labute approximate surface area is 112 Å². The zero-order valence-electron chi connectivity index (χ0n) is 10.4. The Hall–Kier alpha value is -2.61. The van der Waals surface area contributed by atoms with Crippen molar-refractivity contribution in [2.45, 2.75) is 0 Å². The molecule has 2 nitrogen and oxygen atoms in total. The van der Waals surface area contributed by atoms with Crippen molar-refractivity contribution >= 4 is 17.6 Å². The Morgan fingerprint density at radius 3 is 2.11 bits per heavy atom. The van der Waals surface area contributed by atoms with Crippen LogP contribution in [-0.4, -0.2) is 11.1 Å². The highest BCUT2D eigenvalue weighted by Crippen LogP contribution is 2.16. The second-order valence-electron chi connectivity index (χ2n) is 4.15. The SMILES string of the molecule is C=C(/C=C/c1ccccc1)c1ccc(C(=O)O)cc1. The lowest BCUT2D eigenvalue weighted by molar-refractivity contribution is 0.0697. The van der Waals surface area contributed by atoms with Crippen LogP contribution in [0.3, 0.4) is 0 Å². The number of aromatic carboxylic acids is 1. The number of carboxylic acids is 1. The van der Waals surface area contributed by atoms with Crippen molar-refractivity contribution in [3.8, 4) is 0 Å². The minimum Gasteiger partial charge on any atom is -0.478 e. The fourth-order valence-electron chi connectivity index (χ4n) is 1.68. The van der Waals surface area contributed by atoms with Crippen LogP contribution in [0.2, 0.25) is 0 Å². The first-order chi connectivity index (χ1) is 9.16. The molecule has 0 saturated carbocycles. The molecule has 2 heteroatoms. The molecular weight excluding hydrogens is 236 g/mol. The smallest absolute Gasteiger partial charge is 0.335 e. The topological polar surface area (TPSA) is 37.3 Å². The van der Waals surface area contributed by atoms with Crippen LogP contribution < -0.4 is 0 Å². The number of hydrogen-bond acceptors (Lipinski definition) is 1. The molecule has 0 saturated heterocycles. The van der Waals surface area contributed by atoms with Crippen LogP contribution in [0.1, 0.15) is 21.5 Å². The van der Waals surface area contributed by atoms with Crippen molar-refractivity contribution < 1.29 is 9.90 Å². The molecule has 0 heterocycles. The van der Waals surface area contributed by atoms with Crippen LogP contribution in [-0.2, 0) is 0 Å². The first-order valence-corrected chi connectivity index (χ1v) is 5.92. The normalized spacial score (nSPS) is 10.5. The number of allylic oxidation sites excluding steroid dienone is 2. The lowest BCUT2D eigenvalue weighted by Crippen LogP contribution is -1.95. The van der Waals surface area contributed by atoms with Crippen molar-refractivity contribution in [3.05, 3.63) is 83.9 Å². The number of carbonyl (C=O) groups is 1. The highest BCUT2D eigenvalue weighted by Gasteiger charge is 2.02. The molecule has 0 atom stereocenters. The van der Waals surface area contributed by atoms with Crippen LogP contribution in [0.25, 0.3) is 11.6 Å². The Balaban J connectivity index is 2.12. The zero-order valence-corrected chi connectivity index (χ0v) is 10.4. The van der Waals surface area contributed by atoms with E-state index in [2.05, 4.69) is 6.58 Å². The largest absolute Gasteiger partial charge is 0.478 e. The summed E-state index contributed by atoms with van der Waals surface area (Å²) in [6, 6.07) is 16.6. The van der Waals surface area contributed by atoms with Crippen LogP contribution in [0.4, 0.5) is 0 Å². The number of rotatable bonds is 4. The predicted molar refractivity (Wildman–Crippen MR) is 77.9 cm³/mol. The fraction of sp³-hybridized carbons (Fsp3) is 0. The van der Waals surface area contributed by atoms with Crippen molar-refractivity contribution in [1.29, 1.82) is 0 Å². The van der Waals surface area contributed by atoms with E-state index in [-0.39, 0.29) is 5.56 Å². The van der Waals surface area contributed by atoms with Gasteiger partial charge in [-0.1, -0.05) is 61.2 Å². The molecule has 0 radical (unpaired) electrons. The predicted octanol–water partition coefficient (Wildman–Crippen LogP) is 4.11. The van der Waals surface area contributed by atoms with Gasteiger partial charge in [0.2, 0.25) is 0 Å². The molecule has 0 unspecified atom stereocenters. The summed E-state index contributed by atoms with van der Waals surface area (Å²) < 4.78 is 0. The summed E-state index contributed by atoms with van der Waals surface area (Å²) >= 11 is 0. The minimum absolute atomic E-state index is 0.281. The van der Waals surface area contributed by atoms with Gasteiger partial charge in [0.25, 0.3) is 0 Å². The van der Waals surface area contributed by atoms with E-state index in [1.54, 1.807) is 24.3 Å². The van der Waals surface area contributed by atoms with E-state index in [4.69, 9.17) is 5.11 Å². The molecule has 0 amide bonds. The van der Waals surface area contributed by atoms with E-state index < -0.39 is 5.97 Å². The van der Waals surface area contributed by atoms with Crippen molar-refractivity contribution in [3.63, 3.8) is 0 Å². The average Bonchev–Trinajstić information content (AvgIpc) is 2.46. The molecule has 0 fully saturated rings. The lowest BCUT2D eigenvalue weighted by Gasteiger charge is -2.01. The third-order valence-corrected chi connectivity index (χ3v) is 2.78. The third-order valence-electron chi connectivity index (χ3n) is 2.78. The van der Waals surface area contributed by atoms with Gasteiger partial charge >= 0.3 is 5.97 Å². The van der Waals surface area contributed by atoms with Crippen LogP contribution in [0, 0.1) is 0 Å². The average molecular weight is 250 g/mol. The minimum atomic E-state index is -0.919. The van der Waals surface area contributed by atoms with Gasteiger partial charge in [0.1, 0.15) is 0 Å². The van der Waals surface area contributed by atoms with Crippen LogP contribution >= 0.6 is 0 Å².